The molecule has 0 amide bonds. The van der Waals surface area contributed by atoms with Crippen LogP contribution in [0.1, 0.15) is 66.7 Å². The van der Waals surface area contributed by atoms with E-state index in [2.05, 4.69) is 20.8 Å². The van der Waals surface area contributed by atoms with E-state index in [1.54, 1.807) is 19.1 Å². The lowest BCUT2D eigenvalue weighted by molar-refractivity contribution is -0.152. The van der Waals surface area contributed by atoms with Gasteiger partial charge in [0, 0.05) is 30.6 Å². The van der Waals surface area contributed by atoms with Crippen LogP contribution in [0.15, 0.2) is 23.8 Å². The molecule has 0 heterocycles. The van der Waals surface area contributed by atoms with Crippen molar-refractivity contribution in [2.75, 3.05) is 6.61 Å². The fourth-order valence-electron chi connectivity index (χ4n) is 7.64. The molecule has 0 aromatic rings. The minimum absolute atomic E-state index is 0.0193. The van der Waals surface area contributed by atoms with E-state index in [0.717, 1.165) is 24.8 Å². The lowest BCUT2D eigenvalue weighted by Crippen LogP contribution is -2.56. The number of carbonyl (C=O) groups excluding carboxylic acids is 3. The van der Waals surface area contributed by atoms with Gasteiger partial charge in [0.05, 0.1) is 6.10 Å². The molecule has 2 N–H and O–H groups in total. The van der Waals surface area contributed by atoms with E-state index in [4.69, 9.17) is 9.84 Å². The van der Waals surface area contributed by atoms with Gasteiger partial charge in [0.1, 0.15) is 6.61 Å². The topological polar surface area (TPSA) is 118 Å². The molecule has 0 aromatic heterocycles. The molecule has 3 saturated carbocycles. The summed E-state index contributed by atoms with van der Waals surface area (Å²) in [6.45, 7) is 9.18. The molecule has 188 valence electrons. The van der Waals surface area contributed by atoms with Crippen LogP contribution in [0.4, 0.5) is 0 Å². The van der Waals surface area contributed by atoms with E-state index >= 15 is 0 Å². The number of aliphatic hydroxyl groups is 1. The minimum Gasteiger partial charge on any atom is -0.481 e. The van der Waals surface area contributed by atoms with Crippen molar-refractivity contribution < 1.29 is 34.1 Å². The summed E-state index contributed by atoms with van der Waals surface area (Å²) in [4.78, 5) is 45.5. The highest BCUT2D eigenvalue weighted by molar-refractivity contribution is 6.01. The summed E-state index contributed by atoms with van der Waals surface area (Å²) >= 11 is 0. The van der Waals surface area contributed by atoms with Gasteiger partial charge in [-0.05, 0) is 61.0 Å². The van der Waals surface area contributed by atoms with Gasteiger partial charge in [0.2, 0.25) is 0 Å². The molecule has 7 heteroatoms. The van der Waals surface area contributed by atoms with Crippen LogP contribution in [0, 0.1) is 40.4 Å². The van der Waals surface area contributed by atoms with Crippen LogP contribution in [0.2, 0.25) is 0 Å². The van der Waals surface area contributed by atoms with Crippen LogP contribution >= 0.6 is 0 Å². The Kier molecular flexibility index (Phi) is 7.56. The highest BCUT2D eigenvalue weighted by Crippen LogP contribution is 2.67. The number of rotatable bonds is 4. The number of Topliss-reactive ketones (excluding diaryl/α,β-unsaturated/α-hetero) is 1. The lowest BCUT2D eigenvalue weighted by Gasteiger charge is -2.58. The number of carboxylic acids is 1. The SMILES string of the molecule is CC(=O)OCC(=O)C1C(C)CC2C3CCC4=CC(=O)C=CC4(C)C3C(O)CC21C.CCC(=O)O. The molecular formula is C27H38O7. The van der Waals surface area contributed by atoms with Gasteiger partial charge in [0.15, 0.2) is 11.6 Å². The molecule has 0 saturated heterocycles. The minimum atomic E-state index is -0.745. The predicted octanol–water partition coefficient (Wildman–Crippen LogP) is 3.74. The highest BCUT2D eigenvalue weighted by Gasteiger charge is 2.64. The number of allylic oxidation sites excluding steroid dienone is 4. The molecule has 3 fully saturated rings. The number of ketones is 2. The van der Waals surface area contributed by atoms with Gasteiger partial charge in [-0.2, -0.15) is 0 Å². The van der Waals surface area contributed by atoms with E-state index in [1.807, 2.05) is 6.08 Å². The van der Waals surface area contributed by atoms with Crippen LogP contribution < -0.4 is 0 Å². The van der Waals surface area contributed by atoms with E-state index in [0.29, 0.717) is 18.3 Å². The van der Waals surface area contributed by atoms with Crippen LogP contribution in [-0.2, 0) is 23.9 Å². The molecule has 4 aliphatic rings. The number of esters is 1. The Morgan fingerprint density at radius 3 is 2.47 bits per heavy atom. The van der Waals surface area contributed by atoms with Crippen molar-refractivity contribution in [1.82, 2.24) is 0 Å². The number of carbonyl (C=O) groups is 4. The molecule has 4 rings (SSSR count). The second kappa shape index (κ2) is 9.76. The van der Waals surface area contributed by atoms with Crippen molar-refractivity contribution in [1.29, 1.82) is 0 Å². The molecule has 0 spiro atoms. The molecule has 0 radical (unpaired) electrons. The van der Waals surface area contributed by atoms with Crippen molar-refractivity contribution in [3.05, 3.63) is 23.8 Å². The standard InChI is InChI=1S/C24H32O5.C3H6O2/c1-13-9-18-17-6-5-15-10-16(26)7-8-23(15,3)22(17)19(27)11-24(18,4)21(13)20(28)12-29-14(2)25;1-2-3(4)5/h7-8,10,13,17-19,21-22,27H,5-6,9,11-12H2,1-4H3;2H2,1H3,(H,4,5). The Morgan fingerprint density at radius 1 is 1.24 bits per heavy atom. The fourth-order valence-corrected chi connectivity index (χ4v) is 7.64. The van der Waals surface area contributed by atoms with E-state index in [-0.39, 0.29) is 53.2 Å². The second-order valence-electron chi connectivity index (χ2n) is 11.0. The molecule has 7 nitrogen and oxygen atoms in total. The van der Waals surface area contributed by atoms with Gasteiger partial charge in [-0.25, -0.2) is 0 Å². The largest absolute Gasteiger partial charge is 0.481 e. The summed E-state index contributed by atoms with van der Waals surface area (Å²) in [5, 5.41) is 19.1. The summed E-state index contributed by atoms with van der Waals surface area (Å²) in [6.07, 6.45) is 8.46. The average Bonchev–Trinajstić information content (AvgIpc) is 3.02. The quantitative estimate of drug-likeness (QED) is 0.596. The predicted molar refractivity (Wildman–Crippen MR) is 126 cm³/mol. The van der Waals surface area contributed by atoms with Gasteiger partial charge in [0.25, 0.3) is 0 Å². The summed E-state index contributed by atoms with van der Waals surface area (Å²) in [5.74, 6) is -0.426. The number of fused-ring (bicyclic) bond motifs is 5. The Balaban J connectivity index is 0.000000588. The number of hydrogen-bond acceptors (Lipinski definition) is 6. The average molecular weight is 475 g/mol. The Bertz CT molecular complexity index is 918. The normalized spacial score (nSPS) is 40.1. The van der Waals surface area contributed by atoms with Crippen LogP contribution in [0.5, 0.6) is 0 Å². The first-order chi connectivity index (χ1) is 15.8. The third kappa shape index (κ3) is 4.64. The van der Waals surface area contributed by atoms with Gasteiger partial charge < -0.3 is 14.9 Å². The number of aliphatic carboxylic acids is 1. The third-order valence-corrected chi connectivity index (χ3v) is 8.90. The van der Waals surface area contributed by atoms with Crippen molar-refractivity contribution in [3.8, 4) is 0 Å². The highest BCUT2D eigenvalue weighted by atomic mass is 16.5. The zero-order chi connectivity index (χ0) is 25.4. The van der Waals surface area contributed by atoms with Crippen molar-refractivity contribution >= 4 is 23.5 Å². The smallest absolute Gasteiger partial charge is 0.303 e. The zero-order valence-electron chi connectivity index (χ0n) is 20.9. The number of hydrogen-bond donors (Lipinski definition) is 2. The molecule has 0 bridgehead atoms. The summed E-state index contributed by atoms with van der Waals surface area (Å²) in [5.41, 5.74) is 0.561. The van der Waals surface area contributed by atoms with Gasteiger partial charge in [-0.1, -0.05) is 39.3 Å². The first kappa shape index (κ1) is 26.3. The molecule has 8 atom stereocenters. The van der Waals surface area contributed by atoms with E-state index in [9.17, 15) is 24.3 Å². The summed E-state index contributed by atoms with van der Waals surface area (Å²) in [7, 11) is 0. The third-order valence-electron chi connectivity index (χ3n) is 8.90. The molecule has 8 unspecified atom stereocenters. The van der Waals surface area contributed by atoms with Gasteiger partial charge in [-0.15, -0.1) is 0 Å². The van der Waals surface area contributed by atoms with Crippen molar-refractivity contribution in [3.63, 3.8) is 0 Å². The maximum atomic E-state index is 13.0. The van der Waals surface area contributed by atoms with E-state index < -0.39 is 18.0 Å². The van der Waals surface area contributed by atoms with Crippen LogP contribution in [0.3, 0.4) is 0 Å². The molecule has 4 aliphatic carbocycles. The fraction of sp³-hybridized carbons (Fsp3) is 0.704. The Hall–Kier alpha value is -2.28. The first-order valence-electron chi connectivity index (χ1n) is 12.3. The summed E-state index contributed by atoms with van der Waals surface area (Å²) in [6, 6.07) is 0. The molecular weight excluding hydrogens is 436 g/mol. The zero-order valence-corrected chi connectivity index (χ0v) is 20.9. The van der Waals surface area contributed by atoms with Crippen molar-refractivity contribution in [2.45, 2.75) is 72.8 Å². The Labute approximate surface area is 201 Å². The van der Waals surface area contributed by atoms with Gasteiger partial charge >= 0.3 is 11.9 Å². The maximum absolute atomic E-state index is 13.0. The van der Waals surface area contributed by atoms with E-state index in [1.165, 1.54) is 6.92 Å². The number of aliphatic hydroxyl groups excluding tert-OH is 1. The molecule has 0 aliphatic heterocycles. The number of ether oxygens (including phenoxy) is 1. The van der Waals surface area contributed by atoms with Gasteiger partial charge in [-0.3, -0.25) is 19.2 Å². The van der Waals surface area contributed by atoms with Crippen LogP contribution in [-0.4, -0.2) is 46.4 Å². The van der Waals surface area contributed by atoms with Crippen molar-refractivity contribution in [2.24, 2.45) is 40.4 Å². The molecule has 34 heavy (non-hydrogen) atoms. The Morgan fingerprint density at radius 2 is 1.88 bits per heavy atom. The maximum Gasteiger partial charge on any atom is 0.303 e. The van der Waals surface area contributed by atoms with Crippen LogP contribution in [0.25, 0.3) is 0 Å². The second-order valence-corrected chi connectivity index (χ2v) is 11.0. The first-order valence-corrected chi connectivity index (χ1v) is 12.3. The lowest BCUT2D eigenvalue weighted by atomic mass is 9.46. The monoisotopic (exact) mass is 474 g/mol. The summed E-state index contributed by atoms with van der Waals surface area (Å²) < 4.78 is 5.02. The number of carboxylic acid groups (broad SMARTS) is 1. The molecule has 0 aromatic carbocycles.